The number of hydrogen-bond acceptors (Lipinski definition) is 3. The zero-order chi connectivity index (χ0) is 12.7. The summed E-state index contributed by atoms with van der Waals surface area (Å²) in [4.78, 5) is 4.07. The Labute approximate surface area is 98.2 Å². The van der Waals surface area contributed by atoms with Crippen LogP contribution in [0.25, 0.3) is 0 Å². The smallest absolute Gasteiger partial charge is 0.389 e. The van der Waals surface area contributed by atoms with Crippen LogP contribution < -0.4 is 11.1 Å². The van der Waals surface area contributed by atoms with Gasteiger partial charge in [0, 0.05) is 19.2 Å². The molecule has 6 heteroatoms. The first-order chi connectivity index (χ1) is 7.99. The summed E-state index contributed by atoms with van der Waals surface area (Å²) in [6.07, 6.45) is -2.50. The van der Waals surface area contributed by atoms with Crippen molar-refractivity contribution in [1.82, 2.24) is 10.3 Å². The Hall–Kier alpha value is -1.30. The number of unbranched alkanes of at least 4 members (excludes halogenated alkanes) is 1. The van der Waals surface area contributed by atoms with Crippen LogP contribution in [0.2, 0.25) is 0 Å². The van der Waals surface area contributed by atoms with Gasteiger partial charge in [0.1, 0.15) is 0 Å². The summed E-state index contributed by atoms with van der Waals surface area (Å²) in [5.41, 5.74) is 6.99. The second-order valence-electron chi connectivity index (χ2n) is 3.79. The summed E-state index contributed by atoms with van der Waals surface area (Å²) < 4.78 is 35.5. The fourth-order valence-electron chi connectivity index (χ4n) is 1.38. The Kier molecular flexibility index (Phi) is 5.21. The number of hydrogen-bond donors (Lipinski definition) is 2. The number of pyridine rings is 1. The van der Waals surface area contributed by atoms with E-state index in [1.165, 1.54) is 0 Å². The molecule has 1 rings (SSSR count). The highest BCUT2D eigenvalue weighted by Gasteiger charge is 2.25. The number of halogens is 3. The van der Waals surface area contributed by atoms with Gasteiger partial charge in [0.15, 0.2) is 0 Å². The van der Waals surface area contributed by atoms with E-state index in [1.54, 1.807) is 18.3 Å². The first-order valence-corrected chi connectivity index (χ1v) is 5.46. The molecule has 0 bridgehead atoms. The lowest BCUT2D eigenvalue weighted by atomic mass is 10.2. The predicted octanol–water partition coefficient (Wildman–Crippen LogP) is 2.49. The van der Waals surface area contributed by atoms with E-state index in [9.17, 15) is 13.2 Å². The van der Waals surface area contributed by atoms with E-state index in [1.807, 2.05) is 0 Å². The lowest BCUT2D eigenvalue weighted by molar-refractivity contribution is -0.135. The van der Waals surface area contributed by atoms with E-state index in [0.29, 0.717) is 25.2 Å². The van der Waals surface area contributed by atoms with Gasteiger partial charge in [-0.15, -0.1) is 0 Å². The average Bonchev–Trinajstić information content (AvgIpc) is 2.24. The molecule has 0 aliphatic heterocycles. The molecular weight excluding hydrogens is 231 g/mol. The maximum atomic E-state index is 11.8. The van der Waals surface area contributed by atoms with Gasteiger partial charge < -0.3 is 11.1 Å². The third kappa shape index (κ3) is 6.11. The summed E-state index contributed by atoms with van der Waals surface area (Å²) in [6, 6.07) is 3.48. The zero-order valence-electron chi connectivity index (χ0n) is 9.43. The van der Waals surface area contributed by atoms with Crippen molar-refractivity contribution in [3.05, 3.63) is 24.0 Å². The maximum absolute atomic E-state index is 11.8. The van der Waals surface area contributed by atoms with Gasteiger partial charge in [0.2, 0.25) is 0 Å². The van der Waals surface area contributed by atoms with Crippen LogP contribution in [0.4, 0.5) is 18.9 Å². The summed E-state index contributed by atoms with van der Waals surface area (Å²) in [7, 11) is 0. The van der Waals surface area contributed by atoms with E-state index in [4.69, 9.17) is 5.73 Å². The Morgan fingerprint density at radius 2 is 2.06 bits per heavy atom. The van der Waals surface area contributed by atoms with Crippen molar-refractivity contribution < 1.29 is 13.2 Å². The molecule has 0 amide bonds. The molecule has 1 aromatic heterocycles. The van der Waals surface area contributed by atoms with Gasteiger partial charge in [0.05, 0.1) is 11.4 Å². The number of aromatic nitrogens is 1. The largest absolute Gasteiger partial charge is 0.397 e. The van der Waals surface area contributed by atoms with Gasteiger partial charge in [-0.3, -0.25) is 4.98 Å². The van der Waals surface area contributed by atoms with Crippen LogP contribution >= 0.6 is 0 Å². The lowest BCUT2D eigenvalue weighted by Gasteiger charge is -2.07. The van der Waals surface area contributed by atoms with Gasteiger partial charge in [-0.05, 0) is 31.5 Å². The van der Waals surface area contributed by atoms with E-state index in [-0.39, 0.29) is 6.42 Å². The lowest BCUT2D eigenvalue weighted by Crippen LogP contribution is -2.17. The van der Waals surface area contributed by atoms with Crippen LogP contribution in [0.1, 0.15) is 25.0 Å². The van der Waals surface area contributed by atoms with Gasteiger partial charge >= 0.3 is 6.18 Å². The number of nitrogens with two attached hydrogens (primary N) is 1. The summed E-state index contributed by atoms with van der Waals surface area (Å²) in [5, 5.41) is 3.02. The molecule has 17 heavy (non-hydrogen) atoms. The van der Waals surface area contributed by atoms with Gasteiger partial charge in [0.25, 0.3) is 0 Å². The molecule has 3 N–H and O–H groups in total. The van der Waals surface area contributed by atoms with Crippen LogP contribution in [-0.2, 0) is 6.54 Å². The number of nitrogens with one attached hydrogen (secondary N) is 1. The predicted molar refractivity (Wildman–Crippen MR) is 60.3 cm³/mol. The Morgan fingerprint density at radius 1 is 1.29 bits per heavy atom. The standard InChI is InChI=1S/C11H16F3N3/c12-11(13,14)5-1-2-6-16-8-10-9(15)4-3-7-17-10/h3-4,7,16H,1-2,5-6,8,15H2. The van der Waals surface area contributed by atoms with Crippen LogP contribution in [-0.4, -0.2) is 17.7 Å². The molecule has 0 spiro atoms. The molecule has 0 aliphatic carbocycles. The molecule has 0 unspecified atom stereocenters. The van der Waals surface area contributed by atoms with Gasteiger partial charge in [-0.1, -0.05) is 0 Å². The molecule has 1 heterocycles. The fraction of sp³-hybridized carbons (Fsp3) is 0.545. The molecular formula is C11H16F3N3. The highest BCUT2D eigenvalue weighted by atomic mass is 19.4. The molecule has 0 fully saturated rings. The second kappa shape index (κ2) is 6.44. The van der Waals surface area contributed by atoms with Crippen molar-refractivity contribution in [3.63, 3.8) is 0 Å². The van der Waals surface area contributed by atoms with Crippen molar-refractivity contribution in [2.24, 2.45) is 0 Å². The Balaban J connectivity index is 2.11. The first kappa shape index (κ1) is 13.8. The van der Waals surface area contributed by atoms with Crippen molar-refractivity contribution >= 4 is 5.69 Å². The minimum Gasteiger partial charge on any atom is -0.397 e. The van der Waals surface area contributed by atoms with Crippen molar-refractivity contribution in [2.45, 2.75) is 32.0 Å². The number of nitrogens with zero attached hydrogens (tertiary/aromatic N) is 1. The third-order valence-electron chi connectivity index (χ3n) is 2.28. The molecule has 0 aliphatic rings. The molecule has 0 atom stereocenters. The quantitative estimate of drug-likeness (QED) is 0.759. The monoisotopic (exact) mass is 247 g/mol. The minimum atomic E-state index is -4.05. The van der Waals surface area contributed by atoms with Crippen LogP contribution in [0.15, 0.2) is 18.3 Å². The van der Waals surface area contributed by atoms with Crippen LogP contribution in [0, 0.1) is 0 Å². The number of alkyl halides is 3. The van der Waals surface area contributed by atoms with Gasteiger partial charge in [-0.25, -0.2) is 0 Å². The van der Waals surface area contributed by atoms with Crippen LogP contribution in [0.5, 0.6) is 0 Å². The first-order valence-electron chi connectivity index (χ1n) is 5.46. The maximum Gasteiger partial charge on any atom is 0.389 e. The molecule has 3 nitrogen and oxygen atoms in total. The summed E-state index contributed by atoms with van der Waals surface area (Å²) in [6.45, 7) is 1.02. The fourth-order valence-corrected chi connectivity index (χ4v) is 1.38. The zero-order valence-corrected chi connectivity index (χ0v) is 9.43. The van der Waals surface area contributed by atoms with Crippen molar-refractivity contribution in [2.75, 3.05) is 12.3 Å². The third-order valence-corrected chi connectivity index (χ3v) is 2.28. The normalized spacial score (nSPS) is 11.7. The Morgan fingerprint density at radius 3 is 2.71 bits per heavy atom. The SMILES string of the molecule is Nc1cccnc1CNCCCCC(F)(F)F. The second-order valence-corrected chi connectivity index (χ2v) is 3.79. The molecule has 1 aromatic rings. The van der Waals surface area contributed by atoms with E-state index >= 15 is 0 Å². The molecule has 96 valence electrons. The molecule has 0 saturated heterocycles. The van der Waals surface area contributed by atoms with E-state index < -0.39 is 12.6 Å². The van der Waals surface area contributed by atoms with Gasteiger partial charge in [-0.2, -0.15) is 13.2 Å². The average molecular weight is 247 g/mol. The number of anilines is 1. The van der Waals surface area contributed by atoms with E-state index in [2.05, 4.69) is 10.3 Å². The van der Waals surface area contributed by atoms with Crippen LogP contribution in [0.3, 0.4) is 0 Å². The highest BCUT2D eigenvalue weighted by molar-refractivity contribution is 5.41. The Bertz CT molecular complexity index is 339. The molecule has 0 saturated carbocycles. The van der Waals surface area contributed by atoms with E-state index in [0.717, 1.165) is 5.69 Å². The molecule has 0 aromatic carbocycles. The topological polar surface area (TPSA) is 50.9 Å². The van der Waals surface area contributed by atoms with Crippen molar-refractivity contribution in [3.8, 4) is 0 Å². The summed E-state index contributed by atoms with van der Waals surface area (Å²) in [5.74, 6) is 0. The molecule has 0 radical (unpaired) electrons. The minimum absolute atomic E-state index is 0.147. The van der Waals surface area contributed by atoms with Crippen molar-refractivity contribution in [1.29, 1.82) is 0 Å². The highest BCUT2D eigenvalue weighted by Crippen LogP contribution is 2.21. The number of nitrogen functional groups attached to an aromatic ring is 1. The number of rotatable bonds is 6. The summed E-state index contributed by atoms with van der Waals surface area (Å²) >= 11 is 0.